The molecular weight excluding hydrogens is 308 g/mol. The van der Waals surface area contributed by atoms with Gasteiger partial charge in [-0.15, -0.1) is 6.58 Å². The second-order valence-corrected chi connectivity index (χ2v) is 7.37. The lowest BCUT2D eigenvalue weighted by atomic mass is 10.1. The molecule has 0 fully saturated rings. The lowest BCUT2D eigenvalue weighted by molar-refractivity contribution is 0.584. The number of hydrogen-bond acceptors (Lipinski definition) is 3. The molecule has 0 atom stereocenters. The van der Waals surface area contributed by atoms with E-state index in [0.717, 1.165) is 31.2 Å². The number of hydrogen-bond donors (Lipinski definition) is 1. The molecule has 0 aliphatic rings. The second-order valence-electron chi connectivity index (χ2n) is 5.71. The number of nitrogens with zero attached hydrogens (tertiary/aromatic N) is 1. The van der Waals surface area contributed by atoms with Crippen LogP contribution in [0, 0.1) is 6.92 Å². The molecule has 0 heterocycles. The summed E-state index contributed by atoms with van der Waals surface area (Å²) in [4.78, 5) is 2.49. The van der Waals surface area contributed by atoms with Crippen LogP contribution < -0.4 is 4.83 Å². The van der Waals surface area contributed by atoms with Gasteiger partial charge >= 0.3 is 0 Å². The molecule has 0 aromatic heterocycles. The first-order valence-electron chi connectivity index (χ1n) is 8.27. The molecule has 0 spiro atoms. The summed E-state index contributed by atoms with van der Waals surface area (Å²) in [5.41, 5.74) is 1.02. The first-order chi connectivity index (χ1) is 11.1. The van der Waals surface area contributed by atoms with Gasteiger partial charge in [0.2, 0.25) is 0 Å². The summed E-state index contributed by atoms with van der Waals surface area (Å²) in [5, 5.41) is 3.83. The van der Waals surface area contributed by atoms with Gasteiger partial charge in [-0.1, -0.05) is 49.5 Å². The van der Waals surface area contributed by atoms with E-state index >= 15 is 0 Å². The van der Waals surface area contributed by atoms with Crippen LogP contribution >= 0.6 is 0 Å². The maximum Gasteiger partial charge on any atom is 0.276 e. The van der Waals surface area contributed by atoms with Gasteiger partial charge < -0.3 is 0 Å². The van der Waals surface area contributed by atoms with Crippen molar-refractivity contribution in [1.82, 2.24) is 4.83 Å². The summed E-state index contributed by atoms with van der Waals surface area (Å²) in [6.07, 6.45) is 12.7. The predicted octanol–water partition coefficient (Wildman–Crippen LogP) is 4.57. The molecule has 0 aliphatic heterocycles. The quantitative estimate of drug-likeness (QED) is 0.263. The third-order valence-corrected chi connectivity index (χ3v) is 4.83. The van der Waals surface area contributed by atoms with Crippen molar-refractivity contribution >= 4 is 16.2 Å². The third-order valence-electron chi connectivity index (χ3n) is 3.59. The summed E-state index contributed by atoms with van der Waals surface area (Å²) in [6.45, 7) is 5.63. The monoisotopic (exact) mass is 336 g/mol. The molecule has 0 aliphatic carbocycles. The Morgan fingerprint density at radius 3 is 2.17 bits per heavy atom. The minimum absolute atomic E-state index is 0.236. The standard InChI is InChI=1S/C18H28N2O2S/c1-3-4-5-6-7-8-9-10-11-16-19-20-23(21,22)18-14-12-17(2)13-15-18/h3,12-16,20H,1,4-11H2,2H3/b19-16+. The van der Waals surface area contributed by atoms with Gasteiger partial charge in [0.05, 0.1) is 4.90 Å². The third kappa shape index (κ3) is 8.55. The van der Waals surface area contributed by atoms with E-state index < -0.39 is 10.0 Å². The Hall–Kier alpha value is -1.62. The molecule has 0 saturated carbocycles. The van der Waals surface area contributed by atoms with Gasteiger partial charge in [-0.2, -0.15) is 13.5 Å². The number of allylic oxidation sites excluding steroid dienone is 1. The maximum atomic E-state index is 12.0. The van der Waals surface area contributed by atoms with Crippen LogP contribution in [0.15, 0.2) is 46.9 Å². The Morgan fingerprint density at radius 2 is 1.57 bits per heavy atom. The summed E-state index contributed by atoms with van der Waals surface area (Å²) >= 11 is 0. The fraction of sp³-hybridized carbons (Fsp3) is 0.500. The highest BCUT2D eigenvalue weighted by Gasteiger charge is 2.11. The highest BCUT2D eigenvalue weighted by molar-refractivity contribution is 7.89. The number of sulfonamides is 1. The summed E-state index contributed by atoms with van der Waals surface area (Å²) in [7, 11) is -3.54. The zero-order valence-electron chi connectivity index (χ0n) is 14.0. The number of nitrogens with one attached hydrogen (secondary N) is 1. The van der Waals surface area contributed by atoms with Crippen molar-refractivity contribution in [3.63, 3.8) is 0 Å². The molecule has 4 nitrogen and oxygen atoms in total. The molecule has 1 N–H and O–H groups in total. The van der Waals surface area contributed by atoms with Crippen LogP contribution in [-0.2, 0) is 10.0 Å². The van der Waals surface area contributed by atoms with Crippen molar-refractivity contribution < 1.29 is 8.42 Å². The molecule has 128 valence electrons. The molecule has 0 amide bonds. The molecule has 1 aromatic carbocycles. The molecule has 5 heteroatoms. The molecule has 0 radical (unpaired) electrons. The number of unbranched alkanes of at least 4 members (excludes halogenated alkanes) is 7. The zero-order valence-corrected chi connectivity index (χ0v) is 14.8. The fourth-order valence-electron chi connectivity index (χ4n) is 2.17. The average molecular weight is 337 g/mol. The molecule has 23 heavy (non-hydrogen) atoms. The first kappa shape index (κ1) is 19.4. The topological polar surface area (TPSA) is 58.5 Å². The fourth-order valence-corrected chi connectivity index (χ4v) is 2.99. The van der Waals surface area contributed by atoms with Crippen LogP contribution in [0.1, 0.15) is 56.9 Å². The van der Waals surface area contributed by atoms with Gasteiger partial charge in [0.15, 0.2) is 0 Å². The lowest BCUT2D eigenvalue weighted by Gasteiger charge is -2.03. The molecule has 0 saturated heterocycles. The lowest BCUT2D eigenvalue weighted by Crippen LogP contribution is -2.18. The highest BCUT2D eigenvalue weighted by atomic mass is 32.2. The van der Waals surface area contributed by atoms with Crippen molar-refractivity contribution in [2.24, 2.45) is 5.10 Å². The Labute approximate surface area is 140 Å². The van der Waals surface area contributed by atoms with E-state index in [0.29, 0.717) is 0 Å². The second kappa shape index (κ2) is 11.0. The smallest absolute Gasteiger partial charge is 0.200 e. The van der Waals surface area contributed by atoms with E-state index in [1.54, 1.807) is 30.5 Å². The van der Waals surface area contributed by atoms with Crippen molar-refractivity contribution in [1.29, 1.82) is 0 Å². The minimum atomic E-state index is -3.54. The zero-order chi connectivity index (χ0) is 17.0. The van der Waals surface area contributed by atoms with E-state index in [2.05, 4.69) is 16.5 Å². The normalized spacial score (nSPS) is 11.7. The molecule has 1 rings (SSSR count). The van der Waals surface area contributed by atoms with E-state index in [1.807, 2.05) is 13.0 Å². The Kier molecular flexibility index (Phi) is 9.29. The summed E-state index contributed by atoms with van der Waals surface area (Å²) in [5.74, 6) is 0. The largest absolute Gasteiger partial charge is 0.276 e. The van der Waals surface area contributed by atoms with E-state index in [1.165, 1.54) is 25.7 Å². The summed E-state index contributed by atoms with van der Waals surface area (Å²) in [6, 6.07) is 6.71. The van der Waals surface area contributed by atoms with Gasteiger partial charge in [-0.25, -0.2) is 4.83 Å². The van der Waals surface area contributed by atoms with Gasteiger partial charge in [0.25, 0.3) is 10.0 Å². The van der Waals surface area contributed by atoms with Gasteiger partial charge in [0.1, 0.15) is 0 Å². The average Bonchev–Trinajstić information content (AvgIpc) is 2.53. The Bertz CT molecular complexity index is 578. The van der Waals surface area contributed by atoms with Crippen LogP contribution in [0.3, 0.4) is 0 Å². The van der Waals surface area contributed by atoms with Crippen molar-refractivity contribution in [2.45, 2.75) is 63.2 Å². The van der Waals surface area contributed by atoms with Gasteiger partial charge in [-0.3, -0.25) is 0 Å². The van der Waals surface area contributed by atoms with Crippen LogP contribution in [-0.4, -0.2) is 14.6 Å². The molecular formula is C18H28N2O2S. The minimum Gasteiger partial charge on any atom is -0.200 e. The van der Waals surface area contributed by atoms with E-state index in [4.69, 9.17) is 0 Å². The molecule has 0 unspecified atom stereocenters. The van der Waals surface area contributed by atoms with Crippen LogP contribution in [0.2, 0.25) is 0 Å². The van der Waals surface area contributed by atoms with Crippen molar-refractivity contribution in [2.75, 3.05) is 0 Å². The number of aryl methyl sites for hydroxylation is 1. The summed E-state index contributed by atoms with van der Waals surface area (Å²) < 4.78 is 23.9. The Balaban J connectivity index is 2.16. The highest BCUT2D eigenvalue weighted by Crippen LogP contribution is 2.10. The van der Waals surface area contributed by atoms with Crippen LogP contribution in [0.4, 0.5) is 0 Å². The number of rotatable bonds is 12. The number of benzene rings is 1. The molecule has 1 aromatic rings. The van der Waals surface area contributed by atoms with Gasteiger partial charge in [0, 0.05) is 6.21 Å². The predicted molar refractivity (Wildman–Crippen MR) is 97.1 cm³/mol. The van der Waals surface area contributed by atoms with E-state index in [-0.39, 0.29) is 4.90 Å². The van der Waals surface area contributed by atoms with E-state index in [9.17, 15) is 8.42 Å². The first-order valence-corrected chi connectivity index (χ1v) is 9.75. The number of hydrazone groups is 1. The van der Waals surface area contributed by atoms with Gasteiger partial charge in [-0.05, 0) is 44.7 Å². The molecule has 0 bridgehead atoms. The van der Waals surface area contributed by atoms with Crippen LogP contribution in [0.5, 0.6) is 0 Å². The Morgan fingerprint density at radius 1 is 1.00 bits per heavy atom. The van der Waals surface area contributed by atoms with Crippen molar-refractivity contribution in [3.05, 3.63) is 42.5 Å². The SMILES string of the molecule is C=CCCCCCCCC/C=N/NS(=O)(=O)c1ccc(C)cc1. The van der Waals surface area contributed by atoms with Crippen LogP contribution in [0.25, 0.3) is 0 Å². The maximum absolute atomic E-state index is 12.0. The van der Waals surface area contributed by atoms with Crippen molar-refractivity contribution in [3.8, 4) is 0 Å².